The standard InChI is InChI=1S/C13H11ClO3/c14-10-6-4-9(5-7-10)8-17-13-11(15)2-1-3-12(13)16/h1-7,15-16H,8H2. The van der Waals surface area contributed by atoms with Gasteiger partial charge < -0.3 is 14.9 Å². The first-order valence-electron chi connectivity index (χ1n) is 5.05. The number of rotatable bonds is 3. The fourth-order valence-electron chi connectivity index (χ4n) is 1.40. The van der Waals surface area contributed by atoms with Gasteiger partial charge in [0.05, 0.1) is 0 Å². The number of halogens is 1. The van der Waals surface area contributed by atoms with E-state index in [1.807, 2.05) is 12.1 Å². The zero-order valence-electron chi connectivity index (χ0n) is 8.93. The maximum Gasteiger partial charge on any atom is 0.203 e. The second kappa shape index (κ2) is 4.97. The molecule has 3 nitrogen and oxygen atoms in total. The molecule has 2 aromatic rings. The number of phenolic OH excluding ortho intramolecular Hbond substituents is 2. The predicted molar refractivity (Wildman–Crippen MR) is 65.6 cm³/mol. The van der Waals surface area contributed by atoms with E-state index in [1.54, 1.807) is 18.2 Å². The van der Waals surface area contributed by atoms with Crippen molar-refractivity contribution < 1.29 is 14.9 Å². The quantitative estimate of drug-likeness (QED) is 0.879. The van der Waals surface area contributed by atoms with Crippen molar-refractivity contribution in [2.75, 3.05) is 0 Å². The highest BCUT2D eigenvalue weighted by Gasteiger charge is 2.07. The Morgan fingerprint density at radius 3 is 2.12 bits per heavy atom. The molecule has 0 aliphatic carbocycles. The van der Waals surface area contributed by atoms with Crippen LogP contribution in [-0.2, 0) is 6.61 Å². The molecule has 88 valence electrons. The lowest BCUT2D eigenvalue weighted by Crippen LogP contribution is -1.95. The van der Waals surface area contributed by atoms with Gasteiger partial charge in [-0.1, -0.05) is 29.8 Å². The van der Waals surface area contributed by atoms with Crippen LogP contribution in [0, 0.1) is 0 Å². The maximum atomic E-state index is 9.51. The highest BCUT2D eigenvalue weighted by atomic mass is 35.5. The second-order valence-corrected chi connectivity index (χ2v) is 3.98. The van der Waals surface area contributed by atoms with Crippen LogP contribution in [0.15, 0.2) is 42.5 Å². The largest absolute Gasteiger partial charge is 0.504 e. The topological polar surface area (TPSA) is 49.7 Å². The van der Waals surface area contributed by atoms with Crippen molar-refractivity contribution in [1.29, 1.82) is 0 Å². The summed E-state index contributed by atoms with van der Waals surface area (Å²) in [5.41, 5.74) is 0.900. The molecule has 0 unspecified atom stereocenters. The lowest BCUT2D eigenvalue weighted by molar-refractivity contribution is 0.273. The molecule has 0 atom stereocenters. The molecule has 2 N–H and O–H groups in total. The van der Waals surface area contributed by atoms with Crippen LogP contribution in [0.1, 0.15) is 5.56 Å². The molecular weight excluding hydrogens is 240 g/mol. The minimum atomic E-state index is -0.0843. The Balaban J connectivity index is 2.10. The number of hydrogen-bond acceptors (Lipinski definition) is 3. The summed E-state index contributed by atoms with van der Waals surface area (Å²) in [4.78, 5) is 0. The van der Waals surface area contributed by atoms with Crippen molar-refractivity contribution in [2.45, 2.75) is 6.61 Å². The molecule has 2 rings (SSSR count). The third kappa shape index (κ3) is 2.82. The van der Waals surface area contributed by atoms with E-state index in [0.717, 1.165) is 5.56 Å². The lowest BCUT2D eigenvalue weighted by Gasteiger charge is -2.09. The van der Waals surface area contributed by atoms with Gasteiger partial charge in [0.25, 0.3) is 0 Å². The van der Waals surface area contributed by atoms with Gasteiger partial charge in [-0.3, -0.25) is 0 Å². The summed E-state index contributed by atoms with van der Waals surface area (Å²) in [6, 6.07) is 11.6. The average Bonchev–Trinajstić information content (AvgIpc) is 2.31. The molecule has 0 amide bonds. The van der Waals surface area contributed by atoms with Crippen LogP contribution in [0.25, 0.3) is 0 Å². The minimum absolute atomic E-state index is 0.0843. The first-order valence-corrected chi connectivity index (χ1v) is 5.43. The van der Waals surface area contributed by atoms with Crippen molar-refractivity contribution >= 4 is 11.6 Å². The molecule has 2 aromatic carbocycles. The van der Waals surface area contributed by atoms with Crippen LogP contribution in [0.2, 0.25) is 5.02 Å². The molecular formula is C13H11ClO3. The SMILES string of the molecule is Oc1cccc(O)c1OCc1ccc(Cl)cc1. The van der Waals surface area contributed by atoms with Crippen LogP contribution < -0.4 is 4.74 Å². The highest BCUT2D eigenvalue weighted by molar-refractivity contribution is 6.30. The van der Waals surface area contributed by atoms with E-state index in [1.165, 1.54) is 12.1 Å². The molecule has 0 aliphatic rings. The van der Waals surface area contributed by atoms with E-state index in [-0.39, 0.29) is 23.9 Å². The first kappa shape index (κ1) is 11.6. The highest BCUT2D eigenvalue weighted by Crippen LogP contribution is 2.35. The number of aromatic hydroxyl groups is 2. The number of benzene rings is 2. The van der Waals surface area contributed by atoms with Crippen molar-refractivity contribution in [1.82, 2.24) is 0 Å². The fourth-order valence-corrected chi connectivity index (χ4v) is 1.52. The molecule has 0 fully saturated rings. The zero-order chi connectivity index (χ0) is 12.3. The molecule has 0 saturated carbocycles. The van der Waals surface area contributed by atoms with E-state index in [0.29, 0.717) is 5.02 Å². The Morgan fingerprint density at radius 1 is 0.941 bits per heavy atom. The normalized spacial score (nSPS) is 10.2. The van der Waals surface area contributed by atoms with Gasteiger partial charge >= 0.3 is 0 Å². The number of phenols is 2. The summed E-state index contributed by atoms with van der Waals surface area (Å²) < 4.78 is 5.35. The number of para-hydroxylation sites is 1. The summed E-state index contributed by atoms with van der Waals surface area (Å²) in [6.07, 6.45) is 0. The van der Waals surface area contributed by atoms with Gasteiger partial charge in [-0.25, -0.2) is 0 Å². The Bertz CT molecular complexity index is 488. The van der Waals surface area contributed by atoms with Crippen LogP contribution in [0.5, 0.6) is 17.2 Å². The van der Waals surface area contributed by atoms with Crippen molar-refractivity contribution in [3.05, 3.63) is 53.1 Å². The average molecular weight is 251 g/mol. The summed E-state index contributed by atoms with van der Waals surface area (Å²) in [5, 5.41) is 19.7. The minimum Gasteiger partial charge on any atom is -0.504 e. The van der Waals surface area contributed by atoms with E-state index in [2.05, 4.69) is 0 Å². The Hall–Kier alpha value is -1.87. The number of hydrogen-bond donors (Lipinski definition) is 2. The summed E-state index contributed by atoms with van der Waals surface area (Å²) in [7, 11) is 0. The Labute approximate surface area is 104 Å². The monoisotopic (exact) mass is 250 g/mol. The van der Waals surface area contributed by atoms with Gasteiger partial charge in [0, 0.05) is 5.02 Å². The smallest absolute Gasteiger partial charge is 0.203 e. The zero-order valence-corrected chi connectivity index (χ0v) is 9.69. The molecule has 0 saturated heterocycles. The second-order valence-electron chi connectivity index (χ2n) is 3.54. The van der Waals surface area contributed by atoms with Gasteiger partial charge in [0.2, 0.25) is 5.75 Å². The van der Waals surface area contributed by atoms with E-state index in [4.69, 9.17) is 16.3 Å². The number of ether oxygens (including phenoxy) is 1. The third-order valence-electron chi connectivity index (χ3n) is 2.27. The molecule has 0 spiro atoms. The van der Waals surface area contributed by atoms with Gasteiger partial charge in [-0.15, -0.1) is 0 Å². The van der Waals surface area contributed by atoms with Crippen molar-refractivity contribution in [3.8, 4) is 17.2 Å². The molecule has 0 aliphatic heterocycles. The van der Waals surface area contributed by atoms with E-state index >= 15 is 0 Å². The van der Waals surface area contributed by atoms with Crippen LogP contribution in [0.4, 0.5) is 0 Å². The van der Waals surface area contributed by atoms with Gasteiger partial charge in [-0.2, -0.15) is 0 Å². The summed E-state index contributed by atoms with van der Waals surface area (Å²) in [5.74, 6) is -0.0830. The lowest BCUT2D eigenvalue weighted by atomic mass is 10.2. The van der Waals surface area contributed by atoms with Crippen LogP contribution in [0.3, 0.4) is 0 Å². The molecule has 0 heterocycles. The van der Waals surface area contributed by atoms with Gasteiger partial charge in [0.15, 0.2) is 11.5 Å². The van der Waals surface area contributed by atoms with Gasteiger partial charge in [-0.05, 0) is 29.8 Å². The fraction of sp³-hybridized carbons (Fsp3) is 0.0769. The summed E-state index contributed by atoms with van der Waals surface area (Å²) >= 11 is 5.76. The molecule has 0 radical (unpaired) electrons. The Morgan fingerprint density at radius 2 is 1.53 bits per heavy atom. The maximum absolute atomic E-state index is 9.51. The Kier molecular flexibility index (Phi) is 3.40. The summed E-state index contributed by atoms with van der Waals surface area (Å²) in [6.45, 7) is 0.252. The third-order valence-corrected chi connectivity index (χ3v) is 2.52. The van der Waals surface area contributed by atoms with Gasteiger partial charge in [0.1, 0.15) is 6.61 Å². The van der Waals surface area contributed by atoms with Crippen molar-refractivity contribution in [2.24, 2.45) is 0 Å². The van der Waals surface area contributed by atoms with Crippen molar-refractivity contribution in [3.63, 3.8) is 0 Å². The van der Waals surface area contributed by atoms with Crippen LogP contribution >= 0.6 is 11.6 Å². The van der Waals surface area contributed by atoms with Crippen LogP contribution in [-0.4, -0.2) is 10.2 Å². The first-order chi connectivity index (χ1) is 8.16. The van der Waals surface area contributed by atoms with E-state index < -0.39 is 0 Å². The molecule has 0 bridgehead atoms. The molecule has 17 heavy (non-hydrogen) atoms. The molecule has 0 aromatic heterocycles. The molecule has 4 heteroatoms. The predicted octanol–water partition coefficient (Wildman–Crippen LogP) is 3.33. The van der Waals surface area contributed by atoms with E-state index in [9.17, 15) is 10.2 Å².